The van der Waals surface area contributed by atoms with Crippen LogP contribution < -0.4 is 16.2 Å². The quantitative estimate of drug-likeness (QED) is 0.407. The minimum absolute atomic E-state index is 0.0356. The molecular weight excluding hydrogens is 390 g/mol. The monoisotopic (exact) mass is 413 g/mol. The Morgan fingerprint density at radius 3 is 2.72 bits per heavy atom. The molecule has 0 atom stereocenters. The minimum Gasteiger partial charge on any atom is -0.455 e. The molecule has 0 bridgehead atoms. The molecule has 0 aliphatic heterocycles. The van der Waals surface area contributed by atoms with E-state index >= 15 is 0 Å². The molecule has 0 radical (unpaired) electrons. The van der Waals surface area contributed by atoms with Crippen LogP contribution in [-0.4, -0.2) is 27.9 Å². The molecule has 2 amide bonds. The number of rotatable bonds is 7. The number of amides is 2. The predicted molar refractivity (Wildman–Crippen MR) is 111 cm³/mol. The number of thioether (sulfide) groups is 1. The van der Waals surface area contributed by atoms with Gasteiger partial charge in [-0.05, 0) is 37.6 Å². The Labute approximate surface area is 173 Å². The molecule has 29 heavy (non-hydrogen) atoms. The Hall–Kier alpha value is -3.20. The van der Waals surface area contributed by atoms with Crippen LogP contribution in [0.25, 0.3) is 0 Å². The van der Waals surface area contributed by atoms with Gasteiger partial charge in [0.05, 0.1) is 12.3 Å². The van der Waals surface area contributed by atoms with Crippen molar-refractivity contribution in [1.29, 1.82) is 0 Å². The fraction of sp³-hybridized carbons (Fsp3) is 0.250. The van der Waals surface area contributed by atoms with Gasteiger partial charge in [-0.3, -0.25) is 20.4 Å². The second kappa shape index (κ2) is 9.33. The number of hydrogen-bond donors (Lipinski definition) is 3. The highest BCUT2D eigenvalue weighted by Crippen LogP contribution is 2.21. The van der Waals surface area contributed by atoms with Gasteiger partial charge in [0.15, 0.2) is 10.9 Å². The van der Waals surface area contributed by atoms with Gasteiger partial charge >= 0.3 is 5.91 Å². The Morgan fingerprint density at radius 2 is 2.00 bits per heavy atom. The number of benzene rings is 1. The number of furan rings is 1. The summed E-state index contributed by atoms with van der Waals surface area (Å²) in [5.74, 6) is 0.437. The third-order valence-corrected chi connectivity index (χ3v) is 5.22. The molecule has 3 rings (SSSR count). The predicted octanol–water partition coefficient (Wildman–Crippen LogP) is 2.80. The van der Waals surface area contributed by atoms with Gasteiger partial charge in [-0.15, -0.1) is 0 Å². The van der Waals surface area contributed by atoms with E-state index in [1.807, 2.05) is 49.9 Å². The molecule has 0 unspecified atom stereocenters. The number of nitrogens with one attached hydrogen (secondary N) is 3. The molecule has 3 N–H and O–H groups in total. The zero-order valence-electron chi connectivity index (χ0n) is 16.5. The summed E-state index contributed by atoms with van der Waals surface area (Å²) < 4.78 is 7.44. The molecule has 0 saturated carbocycles. The summed E-state index contributed by atoms with van der Waals surface area (Å²) >= 11 is 1.50. The van der Waals surface area contributed by atoms with Crippen molar-refractivity contribution < 1.29 is 14.0 Å². The lowest BCUT2D eigenvalue weighted by atomic mass is 10.1. The van der Waals surface area contributed by atoms with Crippen LogP contribution in [0, 0.1) is 13.8 Å². The molecule has 0 aliphatic carbocycles. The molecule has 3 aromatic rings. The highest BCUT2D eigenvalue weighted by atomic mass is 32.2. The Balaban J connectivity index is 1.43. The Bertz CT molecular complexity index is 1010. The number of carbonyl (C=O) groups is 2. The molecule has 0 spiro atoms. The van der Waals surface area contributed by atoms with E-state index in [0.29, 0.717) is 11.5 Å². The van der Waals surface area contributed by atoms with Gasteiger partial charge in [0.2, 0.25) is 0 Å². The molecule has 152 valence electrons. The van der Waals surface area contributed by atoms with Crippen molar-refractivity contribution in [3.63, 3.8) is 0 Å². The summed E-state index contributed by atoms with van der Waals surface area (Å²) in [6.07, 6.45) is 3.59. The van der Waals surface area contributed by atoms with Crippen molar-refractivity contribution in [2.45, 2.75) is 24.8 Å². The van der Waals surface area contributed by atoms with Crippen molar-refractivity contribution >= 4 is 29.3 Å². The first kappa shape index (κ1) is 20.5. The summed E-state index contributed by atoms with van der Waals surface area (Å²) in [5.41, 5.74) is 7.81. The third kappa shape index (κ3) is 5.64. The minimum atomic E-state index is -0.516. The first-order chi connectivity index (χ1) is 13.9. The zero-order chi connectivity index (χ0) is 20.8. The first-order valence-corrected chi connectivity index (χ1v) is 10.00. The second-order valence-corrected chi connectivity index (χ2v) is 7.49. The van der Waals surface area contributed by atoms with Crippen molar-refractivity contribution in [2.75, 3.05) is 11.9 Å². The molecule has 0 saturated heterocycles. The number of carbonyl (C=O) groups excluding carboxylic acids is 2. The van der Waals surface area contributed by atoms with Gasteiger partial charge in [0, 0.05) is 25.1 Å². The van der Waals surface area contributed by atoms with E-state index < -0.39 is 5.91 Å². The summed E-state index contributed by atoms with van der Waals surface area (Å²) in [6, 6.07) is 9.22. The fourth-order valence-corrected chi connectivity index (χ4v) is 3.45. The fourth-order valence-electron chi connectivity index (χ4n) is 2.62. The zero-order valence-corrected chi connectivity index (χ0v) is 17.3. The largest absolute Gasteiger partial charge is 0.455 e. The van der Waals surface area contributed by atoms with Crippen LogP contribution in [0.2, 0.25) is 0 Å². The molecule has 9 heteroatoms. The van der Waals surface area contributed by atoms with Crippen LogP contribution in [0.4, 0.5) is 5.69 Å². The molecule has 0 fully saturated rings. The maximum absolute atomic E-state index is 12.2. The van der Waals surface area contributed by atoms with E-state index in [0.717, 1.165) is 22.0 Å². The van der Waals surface area contributed by atoms with Crippen LogP contribution in [0.15, 0.2) is 52.3 Å². The molecule has 1 aromatic carbocycles. The topological polar surface area (TPSA) is 101 Å². The molecule has 8 nitrogen and oxygen atoms in total. The third-order valence-electron chi connectivity index (χ3n) is 4.14. The van der Waals surface area contributed by atoms with Gasteiger partial charge in [0.25, 0.3) is 5.91 Å². The number of aryl methyl sites for hydroxylation is 3. The highest BCUT2D eigenvalue weighted by molar-refractivity contribution is 7.98. The molecule has 2 aromatic heterocycles. The van der Waals surface area contributed by atoms with Gasteiger partial charge in [-0.25, -0.2) is 4.98 Å². The van der Waals surface area contributed by atoms with Crippen molar-refractivity contribution in [2.24, 2.45) is 7.05 Å². The standard InChI is InChI=1S/C20H23N5O3S/c1-13-4-6-16(14(2)10-13)22-11-18(26)23-24-19(27)17-7-5-15(28-17)12-29-20-21-8-9-25(20)3/h4-10,22H,11-12H2,1-3H3,(H,23,26)(H,24,27). The summed E-state index contributed by atoms with van der Waals surface area (Å²) in [6.45, 7) is 4.01. The molecular formula is C20H23N5O3S. The smallest absolute Gasteiger partial charge is 0.305 e. The lowest BCUT2D eigenvalue weighted by Crippen LogP contribution is -2.44. The van der Waals surface area contributed by atoms with Crippen LogP contribution in [-0.2, 0) is 17.6 Å². The van der Waals surface area contributed by atoms with Crippen LogP contribution in [0.3, 0.4) is 0 Å². The molecule has 2 heterocycles. The number of hydrazine groups is 1. The average Bonchev–Trinajstić information content (AvgIpc) is 3.32. The summed E-state index contributed by atoms with van der Waals surface area (Å²) in [4.78, 5) is 28.3. The maximum Gasteiger partial charge on any atom is 0.305 e. The lowest BCUT2D eigenvalue weighted by molar-refractivity contribution is -0.120. The van der Waals surface area contributed by atoms with Gasteiger partial charge in [-0.1, -0.05) is 29.5 Å². The van der Waals surface area contributed by atoms with Crippen molar-refractivity contribution in [3.8, 4) is 0 Å². The SMILES string of the molecule is Cc1ccc(NCC(=O)NNC(=O)c2ccc(CSc3nccn3C)o2)c(C)c1. The van der Waals surface area contributed by atoms with Crippen molar-refractivity contribution in [3.05, 3.63) is 65.4 Å². The van der Waals surface area contributed by atoms with Crippen LogP contribution >= 0.6 is 11.8 Å². The average molecular weight is 414 g/mol. The van der Waals surface area contributed by atoms with Gasteiger partial charge in [-0.2, -0.15) is 0 Å². The van der Waals surface area contributed by atoms with Crippen LogP contribution in [0.1, 0.15) is 27.4 Å². The Kier molecular flexibility index (Phi) is 6.61. The van der Waals surface area contributed by atoms with E-state index in [1.54, 1.807) is 18.3 Å². The van der Waals surface area contributed by atoms with E-state index in [4.69, 9.17) is 4.42 Å². The highest BCUT2D eigenvalue weighted by Gasteiger charge is 2.13. The number of hydrogen-bond acceptors (Lipinski definition) is 6. The number of nitrogens with zero attached hydrogens (tertiary/aromatic N) is 2. The first-order valence-electron chi connectivity index (χ1n) is 9.01. The van der Waals surface area contributed by atoms with Gasteiger partial charge < -0.3 is 14.3 Å². The second-order valence-electron chi connectivity index (χ2n) is 6.55. The van der Waals surface area contributed by atoms with Crippen molar-refractivity contribution in [1.82, 2.24) is 20.4 Å². The van der Waals surface area contributed by atoms with Gasteiger partial charge in [0.1, 0.15) is 5.76 Å². The molecule has 0 aliphatic rings. The van der Waals surface area contributed by atoms with E-state index in [-0.39, 0.29) is 18.2 Å². The van der Waals surface area contributed by atoms with Crippen LogP contribution in [0.5, 0.6) is 0 Å². The van der Waals surface area contributed by atoms with E-state index in [2.05, 4.69) is 21.2 Å². The number of aromatic nitrogens is 2. The van der Waals surface area contributed by atoms with E-state index in [1.165, 1.54) is 11.8 Å². The summed E-state index contributed by atoms with van der Waals surface area (Å²) in [5, 5.41) is 3.90. The normalized spacial score (nSPS) is 10.6. The lowest BCUT2D eigenvalue weighted by Gasteiger charge is -2.10. The maximum atomic E-state index is 12.2. The summed E-state index contributed by atoms with van der Waals surface area (Å²) in [7, 11) is 1.91. The Morgan fingerprint density at radius 1 is 1.17 bits per heavy atom. The number of anilines is 1. The van der Waals surface area contributed by atoms with E-state index in [9.17, 15) is 9.59 Å². The number of imidazole rings is 1.